The molecule has 3 heteroatoms. The zero-order valence-corrected chi connectivity index (χ0v) is 5.10. The van der Waals surface area contributed by atoms with Crippen molar-refractivity contribution in [1.82, 2.24) is 0 Å². The molecule has 1 heterocycles. The van der Waals surface area contributed by atoms with Crippen molar-refractivity contribution < 1.29 is 8.95 Å². The average molecular weight is 128 g/mol. The van der Waals surface area contributed by atoms with Gasteiger partial charge in [0.15, 0.2) is 6.61 Å². The highest BCUT2D eigenvalue weighted by molar-refractivity contribution is 7.44. The van der Waals surface area contributed by atoms with Crippen molar-refractivity contribution in [2.24, 2.45) is 0 Å². The lowest BCUT2D eigenvalue weighted by Gasteiger charge is -1.83. The molecule has 0 N–H and O–H groups in total. The maximum Gasteiger partial charge on any atom is 0.327 e. The molecule has 8 heavy (non-hydrogen) atoms. The molecule has 0 atom stereocenters. The number of rotatable bonds is 0. The van der Waals surface area contributed by atoms with E-state index in [4.69, 9.17) is 4.84 Å². The van der Waals surface area contributed by atoms with Gasteiger partial charge < -0.3 is 0 Å². The fourth-order valence-electron chi connectivity index (χ4n) is 0.414. The molecule has 0 aromatic rings. The van der Waals surface area contributed by atoms with Crippen molar-refractivity contribution in [2.75, 3.05) is 6.61 Å². The average Bonchev–Trinajstić information content (AvgIpc) is 1.94. The van der Waals surface area contributed by atoms with Gasteiger partial charge in [0.1, 0.15) is 0 Å². The van der Waals surface area contributed by atoms with Gasteiger partial charge >= 0.3 is 12.4 Å². The number of hydroxylamine groups is 1. The molecule has 0 unspecified atom stereocenters. The predicted molar refractivity (Wildman–Crippen MR) is 31.9 cm³/mol. The summed E-state index contributed by atoms with van der Waals surface area (Å²) in [5, 5.41) is 0. The Balaban J connectivity index is 2.58. The third-order valence-corrected chi connectivity index (χ3v) is 0.980. The summed E-state index contributed by atoms with van der Waals surface area (Å²) >= 11 is 4.66. The van der Waals surface area contributed by atoms with Gasteiger partial charge in [-0.05, 0) is 6.08 Å². The lowest BCUT2D eigenvalue weighted by molar-refractivity contribution is -0.715. The fraction of sp³-hybridized carbons (Fsp3) is 0.200. The smallest absolute Gasteiger partial charge is 0.252 e. The van der Waals surface area contributed by atoms with Crippen LogP contribution >= 0.6 is 0 Å². The molecular weight excluding hydrogens is 122 g/mol. The Hall–Kier alpha value is -0.700. The van der Waals surface area contributed by atoms with Gasteiger partial charge in [-0.3, -0.25) is 4.84 Å². The van der Waals surface area contributed by atoms with Crippen LogP contribution in [0.2, 0.25) is 0 Å². The largest absolute Gasteiger partial charge is 0.327 e. The fourth-order valence-corrected chi connectivity index (χ4v) is 0.545. The third kappa shape index (κ3) is 1.42. The van der Waals surface area contributed by atoms with Crippen LogP contribution in [-0.4, -0.2) is 10.7 Å². The van der Waals surface area contributed by atoms with Crippen molar-refractivity contribution in [3.05, 3.63) is 24.4 Å². The summed E-state index contributed by atoms with van der Waals surface area (Å²) in [6.45, 7) is 0.566. The Morgan fingerprint density at radius 2 is 2.38 bits per heavy atom. The van der Waals surface area contributed by atoms with E-state index in [0.29, 0.717) is 6.61 Å². The molecule has 0 saturated carbocycles. The molecule has 2 nitrogen and oxygen atoms in total. The second-order valence-electron chi connectivity index (χ2n) is 1.35. The highest BCUT2D eigenvalue weighted by Gasteiger charge is 1.97. The van der Waals surface area contributed by atoms with E-state index in [0.717, 1.165) is 0 Å². The summed E-state index contributed by atoms with van der Waals surface area (Å²) in [4.78, 5) is 4.88. The van der Waals surface area contributed by atoms with Crippen LogP contribution in [-0.2, 0) is 17.3 Å². The minimum atomic E-state index is 0.566. The highest BCUT2D eigenvalue weighted by atomic mass is 32.1. The van der Waals surface area contributed by atoms with Crippen LogP contribution in [0.3, 0.4) is 0 Å². The second-order valence-corrected chi connectivity index (χ2v) is 1.71. The van der Waals surface area contributed by atoms with Crippen LogP contribution in [0, 0.1) is 0 Å². The van der Waals surface area contributed by atoms with Crippen LogP contribution in [0.15, 0.2) is 24.4 Å². The number of hydrogen-bond acceptors (Lipinski definition) is 2. The summed E-state index contributed by atoms with van der Waals surface area (Å²) in [6.07, 6.45) is 7.30. The Kier molecular flexibility index (Phi) is 1.75. The van der Waals surface area contributed by atoms with Crippen LogP contribution in [0.1, 0.15) is 0 Å². The third-order valence-electron chi connectivity index (χ3n) is 0.753. The number of allylic oxidation sites excluding steroid dienone is 2. The molecule has 0 bridgehead atoms. The van der Waals surface area contributed by atoms with E-state index in [1.165, 1.54) is 4.11 Å². The van der Waals surface area contributed by atoms with Crippen molar-refractivity contribution in [1.29, 1.82) is 0 Å². The highest BCUT2D eigenvalue weighted by Crippen LogP contribution is 1.88. The first kappa shape index (κ1) is 5.44. The van der Waals surface area contributed by atoms with Crippen LogP contribution in [0.25, 0.3) is 0 Å². The quantitative estimate of drug-likeness (QED) is 0.446. The van der Waals surface area contributed by atoms with Gasteiger partial charge in [0.25, 0.3) is 0 Å². The van der Waals surface area contributed by atoms with E-state index in [2.05, 4.69) is 12.4 Å². The van der Waals surface area contributed by atoms with E-state index in [1.54, 1.807) is 6.20 Å². The number of nitrogens with zero attached hydrogens (tertiary/aromatic N) is 1. The van der Waals surface area contributed by atoms with E-state index in [1.807, 2.05) is 18.2 Å². The van der Waals surface area contributed by atoms with E-state index in [-0.39, 0.29) is 0 Å². The molecule has 0 aromatic heterocycles. The second kappa shape index (κ2) is 2.57. The Bertz CT molecular complexity index is 151. The molecule has 0 saturated heterocycles. The zero-order valence-electron chi connectivity index (χ0n) is 4.28. The van der Waals surface area contributed by atoms with Gasteiger partial charge in [0, 0.05) is 6.08 Å². The maximum atomic E-state index is 4.88. The van der Waals surface area contributed by atoms with Crippen molar-refractivity contribution >= 4 is 12.4 Å². The van der Waals surface area contributed by atoms with Gasteiger partial charge in [-0.2, -0.15) is 0 Å². The predicted octanol–water partition coefficient (Wildman–Crippen LogP) is 0.744. The molecule has 0 aliphatic carbocycles. The first-order valence-electron chi connectivity index (χ1n) is 2.32. The summed E-state index contributed by atoms with van der Waals surface area (Å²) < 4.78 is 1.26. The molecule has 1 rings (SSSR count). The minimum Gasteiger partial charge on any atom is -0.252 e. The normalized spacial score (nSPS) is 17.8. The van der Waals surface area contributed by atoms with Gasteiger partial charge in [-0.15, -0.1) is 0 Å². The molecule has 0 amide bonds. The first-order valence-corrected chi connectivity index (χ1v) is 2.69. The van der Waals surface area contributed by atoms with Crippen LogP contribution < -0.4 is 0 Å². The van der Waals surface area contributed by atoms with Crippen LogP contribution in [0.5, 0.6) is 0 Å². The summed E-state index contributed by atoms with van der Waals surface area (Å²) in [5.41, 5.74) is 0. The zero-order chi connectivity index (χ0) is 5.82. The SMILES string of the molecule is S=[N+]1C=CC=CCO1. The molecule has 0 radical (unpaired) electrons. The lowest BCUT2D eigenvalue weighted by Crippen LogP contribution is -1.98. The first-order chi connectivity index (χ1) is 3.89. The van der Waals surface area contributed by atoms with Crippen molar-refractivity contribution in [3.63, 3.8) is 0 Å². The number of hydrogen-bond donors (Lipinski definition) is 0. The van der Waals surface area contributed by atoms with Crippen LogP contribution in [0.4, 0.5) is 0 Å². The molecule has 1 aliphatic heterocycles. The monoisotopic (exact) mass is 128 g/mol. The van der Waals surface area contributed by atoms with Gasteiger partial charge in [-0.25, -0.2) is 0 Å². The van der Waals surface area contributed by atoms with Gasteiger partial charge in [0.2, 0.25) is 6.20 Å². The minimum absolute atomic E-state index is 0.566. The Morgan fingerprint density at radius 3 is 3.25 bits per heavy atom. The van der Waals surface area contributed by atoms with Crippen molar-refractivity contribution in [2.45, 2.75) is 0 Å². The maximum absolute atomic E-state index is 4.88. The molecular formula is C5H6NOS+. The standard InChI is InChI=1S/C5H6NOS/c8-6-4-2-1-3-5-7-6/h1-4H,5H2/q+1. The van der Waals surface area contributed by atoms with E-state index >= 15 is 0 Å². The molecule has 0 aromatic carbocycles. The van der Waals surface area contributed by atoms with E-state index < -0.39 is 0 Å². The molecule has 42 valence electrons. The Morgan fingerprint density at radius 1 is 1.50 bits per heavy atom. The van der Waals surface area contributed by atoms with Gasteiger partial charge in [-0.1, -0.05) is 6.08 Å². The van der Waals surface area contributed by atoms with Gasteiger partial charge in [0.05, 0.1) is 4.11 Å². The molecule has 0 fully saturated rings. The summed E-state index contributed by atoms with van der Waals surface area (Å²) in [6, 6.07) is 0. The molecule has 0 spiro atoms. The van der Waals surface area contributed by atoms with Crippen molar-refractivity contribution in [3.8, 4) is 0 Å². The topological polar surface area (TPSA) is 12.2 Å². The summed E-state index contributed by atoms with van der Waals surface area (Å²) in [5.74, 6) is 0. The lowest BCUT2D eigenvalue weighted by atomic mass is 10.5. The van der Waals surface area contributed by atoms with E-state index in [9.17, 15) is 0 Å². The summed E-state index contributed by atoms with van der Waals surface area (Å²) in [7, 11) is 0. The Labute approximate surface area is 53.2 Å². The molecule has 1 aliphatic rings.